The van der Waals surface area contributed by atoms with E-state index in [0.717, 1.165) is 17.3 Å². The van der Waals surface area contributed by atoms with Gasteiger partial charge in [0.15, 0.2) is 6.10 Å². The molecule has 132 valence electrons. The molecule has 0 bridgehead atoms. The molecule has 0 aromatic heterocycles. The van der Waals surface area contributed by atoms with Gasteiger partial charge in [-0.15, -0.1) is 0 Å². The van der Waals surface area contributed by atoms with Crippen molar-refractivity contribution >= 4 is 17.3 Å². The van der Waals surface area contributed by atoms with Crippen molar-refractivity contribution in [2.24, 2.45) is 5.16 Å². The van der Waals surface area contributed by atoms with Gasteiger partial charge in [-0.2, -0.15) is 13.2 Å². The lowest BCUT2D eigenvalue weighted by Crippen LogP contribution is -2.84. The smallest absolute Gasteiger partial charge is 0.386 e. The predicted molar refractivity (Wildman–Crippen MR) is 89.4 cm³/mol. The summed E-state index contributed by atoms with van der Waals surface area (Å²) in [6, 6.07) is 12.8. The van der Waals surface area contributed by atoms with Crippen LogP contribution in [0.4, 0.5) is 13.2 Å². The molecule has 0 saturated heterocycles. The quantitative estimate of drug-likeness (QED) is 0.859. The molecular formula is C18H17ClF3N2O+. The lowest BCUT2D eigenvalue weighted by molar-refractivity contribution is -0.676. The van der Waals surface area contributed by atoms with Gasteiger partial charge in [0.2, 0.25) is 0 Å². The fraction of sp³-hybridized carbons (Fsp3) is 0.278. The van der Waals surface area contributed by atoms with E-state index >= 15 is 0 Å². The molecule has 1 heterocycles. The molecule has 2 aromatic carbocycles. The predicted octanol–water partition coefficient (Wildman–Crippen LogP) is 3.62. The number of quaternary nitrogens is 1. The molecule has 0 amide bonds. The molecule has 1 aliphatic heterocycles. The molecule has 0 saturated carbocycles. The average Bonchev–Trinajstić information content (AvgIpc) is 3.03. The van der Waals surface area contributed by atoms with E-state index in [-0.39, 0.29) is 6.10 Å². The van der Waals surface area contributed by atoms with Crippen LogP contribution in [0.2, 0.25) is 5.02 Å². The van der Waals surface area contributed by atoms with Gasteiger partial charge in [-0.1, -0.05) is 47.1 Å². The van der Waals surface area contributed by atoms with Gasteiger partial charge in [0.25, 0.3) is 0 Å². The molecule has 7 heteroatoms. The van der Waals surface area contributed by atoms with Crippen molar-refractivity contribution in [3.8, 4) is 0 Å². The molecule has 1 atom stereocenters. The zero-order valence-electron chi connectivity index (χ0n) is 13.3. The highest BCUT2D eigenvalue weighted by Crippen LogP contribution is 2.29. The Bertz CT molecular complexity index is 777. The first-order valence-corrected chi connectivity index (χ1v) is 8.26. The highest BCUT2D eigenvalue weighted by molar-refractivity contribution is 6.34. The molecule has 25 heavy (non-hydrogen) atoms. The van der Waals surface area contributed by atoms with E-state index in [4.69, 9.17) is 16.4 Å². The van der Waals surface area contributed by atoms with E-state index in [1.807, 2.05) is 23.5 Å². The first-order chi connectivity index (χ1) is 11.9. The first kappa shape index (κ1) is 17.8. The molecule has 0 radical (unpaired) electrons. The molecular weight excluding hydrogens is 353 g/mol. The van der Waals surface area contributed by atoms with Gasteiger partial charge >= 0.3 is 6.18 Å². The van der Waals surface area contributed by atoms with Crippen LogP contribution in [0.15, 0.2) is 53.7 Å². The largest absolute Gasteiger partial charge is 0.416 e. The van der Waals surface area contributed by atoms with Crippen molar-refractivity contribution in [1.82, 2.24) is 0 Å². The summed E-state index contributed by atoms with van der Waals surface area (Å²) in [7, 11) is 0. The molecule has 0 unspecified atom stereocenters. The van der Waals surface area contributed by atoms with Gasteiger partial charge in [0.05, 0.1) is 11.3 Å². The molecule has 2 aromatic rings. The van der Waals surface area contributed by atoms with Crippen molar-refractivity contribution < 1.29 is 23.3 Å². The third kappa shape index (κ3) is 4.52. The average molecular weight is 370 g/mol. The Morgan fingerprint density at radius 1 is 1.16 bits per heavy atom. The fourth-order valence-corrected chi connectivity index (χ4v) is 2.96. The van der Waals surface area contributed by atoms with Gasteiger partial charge in [-0.3, -0.25) is 0 Å². The second-order valence-electron chi connectivity index (χ2n) is 5.88. The van der Waals surface area contributed by atoms with Crippen LogP contribution >= 0.6 is 11.6 Å². The van der Waals surface area contributed by atoms with Crippen molar-refractivity contribution in [2.75, 3.05) is 6.54 Å². The maximum absolute atomic E-state index is 12.7. The van der Waals surface area contributed by atoms with Crippen molar-refractivity contribution in [3.05, 3.63) is 70.2 Å². The Kier molecular flexibility index (Phi) is 5.30. The summed E-state index contributed by atoms with van der Waals surface area (Å²) in [6.45, 7) is 1.05. The first-order valence-electron chi connectivity index (χ1n) is 7.89. The standard InChI is InChI=1S/C18H16ClF3N2O/c19-16-7-2-1-6-15(16)17-9-14(25-24-17)11-23-10-12-4-3-5-13(8-12)18(20,21)22/h1-8,14,23H,9-11H2/p+1/t14-/m1/s1. The number of rotatable bonds is 5. The van der Waals surface area contributed by atoms with Crippen LogP contribution < -0.4 is 5.32 Å². The number of hydrogen-bond acceptors (Lipinski definition) is 2. The van der Waals surface area contributed by atoms with E-state index in [9.17, 15) is 13.2 Å². The molecule has 0 aliphatic carbocycles. The SMILES string of the molecule is FC(F)(F)c1cccc(C[NH2+]C[C@H]2CC(c3ccccc3Cl)=NO2)c1. The van der Waals surface area contributed by atoms with Crippen LogP contribution in [0, 0.1) is 0 Å². The molecule has 2 N–H and O–H groups in total. The Labute approximate surface area is 148 Å². The summed E-state index contributed by atoms with van der Waals surface area (Å²) in [5.74, 6) is 0. The Balaban J connectivity index is 1.51. The molecule has 0 spiro atoms. The minimum atomic E-state index is -4.32. The number of benzene rings is 2. The summed E-state index contributed by atoms with van der Waals surface area (Å²) < 4.78 is 38.1. The lowest BCUT2D eigenvalue weighted by Gasteiger charge is -2.10. The highest BCUT2D eigenvalue weighted by atomic mass is 35.5. The number of oxime groups is 1. The molecule has 3 nitrogen and oxygen atoms in total. The third-order valence-corrected chi connectivity index (χ3v) is 4.31. The Morgan fingerprint density at radius 3 is 2.72 bits per heavy atom. The highest BCUT2D eigenvalue weighted by Gasteiger charge is 2.30. The van der Waals surface area contributed by atoms with Crippen LogP contribution in [0.1, 0.15) is 23.1 Å². The van der Waals surface area contributed by atoms with E-state index < -0.39 is 11.7 Å². The van der Waals surface area contributed by atoms with Crippen molar-refractivity contribution in [1.29, 1.82) is 0 Å². The van der Waals surface area contributed by atoms with Gasteiger partial charge in [0.1, 0.15) is 13.1 Å². The van der Waals surface area contributed by atoms with Crippen molar-refractivity contribution in [3.63, 3.8) is 0 Å². The van der Waals surface area contributed by atoms with Crippen LogP contribution in [-0.2, 0) is 17.6 Å². The zero-order chi connectivity index (χ0) is 17.9. The topological polar surface area (TPSA) is 38.2 Å². The van der Waals surface area contributed by atoms with E-state index in [2.05, 4.69) is 5.16 Å². The summed E-state index contributed by atoms with van der Waals surface area (Å²) >= 11 is 6.15. The maximum atomic E-state index is 12.7. The second kappa shape index (κ2) is 7.45. The second-order valence-corrected chi connectivity index (χ2v) is 6.28. The van der Waals surface area contributed by atoms with Gasteiger partial charge in [-0.05, 0) is 18.2 Å². The van der Waals surface area contributed by atoms with Crippen molar-refractivity contribution in [2.45, 2.75) is 25.2 Å². The minimum absolute atomic E-state index is 0.114. The Morgan fingerprint density at radius 2 is 1.96 bits per heavy atom. The summed E-state index contributed by atoms with van der Waals surface area (Å²) in [5, 5.41) is 6.63. The normalized spacial score (nSPS) is 17.3. The van der Waals surface area contributed by atoms with Crippen LogP contribution in [0.25, 0.3) is 0 Å². The number of halogens is 4. The van der Waals surface area contributed by atoms with E-state index in [1.54, 1.807) is 12.1 Å². The van der Waals surface area contributed by atoms with Crippen LogP contribution in [-0.4, -0.2) is 18.4 Å². The molecule has 0 fully saturated rings. The van der Waals surface area contributed by atoms with Gasteiger partial charge < -0.3 is 10.2 Å². The van der Waals surface area contributed by atoms with Crippen LogP contribution in [0.3, 0.4) is 0 Å². The Hall–Kier alpha value is -2.05. The summed E-state index contributed by atoms with van der Waals surface area (Å²) in [6.07, 6.45) is -3.80. The van der Waals surface area contributed by atoms with Crippen LogP contribution in [0.5, 0.6) is 0 Å². The number of nitrogens with two attached hydrogens (primary N) is 1. The van der Waals surface area contributed by atoms with Gasteiger partial charge in [-0.25, -0.2) is 0 Å². The number of hydrogen-bond donors (Lipinski definition) is 1. The lowest BCUT2D eigenvalue weighted by atomic mass is 10.0. The fourth-order valence-electron chi connectivity index (χ4n) is 2.72. The third-order valence-electron chi connectivity index (χ3n) is 3.98. The number of nitrogens with zero attached hydrogens (tertiary/aromatic N) is 1. The monoisotopic (exact) mass is 369 g/mol. The van der Waals surface area contributed by atoms with E-state index in [0.29, 0.717) is 30.1 Å². The maximum Gasteiger partial charge on any atom is 0.416 e. The summed E-state index contributed by atoms with van der Waals surface area (Å²) in [4.78, 5) is 5.41. The molecule has 1 aliphatic rings. The van der Waals surface area contributed by atoms with E-state index in [1.165, 1.54) is 12.1 Å². The molecule has 3 rings (SSSR count). The number of alkyl halides is 3. The summed E-state index contributed by atoms with van der Waals surface area (Å²) in [5.41, 5.74) is 1.65. The van der Waals surface area contributed by atoms with Gasteiger partial charge in [0, 0.05) is 22.6 Å². The zero-order valence-corrected chi connectivity index (χ0v) is 14.0. The minimum Gasteiger partial charge on any atom is -0.386 e.